The first-order valence-electron chi connectivity index (χ1n) is 9.59. The third-order valence-corrected chi connectivity index (χ3v) is 5.06. The maximum absolute atomic E-state index is 11.5. The van der Waals surface area contributed by atoms with Gasteiger partial charge < -0.3 is 15.2 Å². The average Bonchev–Trinajstić information content (AvgIpc) is 3.07. The van der Waals surface area contributed by atoms with Gasteiger partial charge in [-0.3, -0.25) is 4.79 Å². The highest BCUT2D eigenvalue weighted by Gasteiger charge is 2.24. The average molecular weight is 381 g/mol. The Morgan fingerprint density at radius 2 is 1.89 bits per heavy atom. The summed E-state index contributed by atoms with van der Waals surface area (Å²) in [4.78, 5) is 22.8. The molecule has 2 atom stereocenters. The predicted octanol–water partition coefficient (Wildman–Crippen LogP) is 4.07. The van der Waals surface area contributed by atoms with Crippen LogP contribution in [0, 0.1) is 0 Å². The standard InChI is InChI=1S/C23H27NO4/c1-23(2,3)18-9-7-15(8-10-18)21(28-14-19-11-12-20(25)24-19)16-5-4-6-17(13-16)22(26)27/h4-10,13,19,21H,11-12,14H2,1-3H3,(H,24,25)(H,26,27)/t19?,21-/m1/s1. The number of carbonyl (C=O) groups is 2. The third kappa shape index (κ3) is 4.78. The van der Waals surface area contributed by atoms with Crippen LogP contribution in [-0.4, -0.2) is 29.6 Å². The van der Waals surface area contributed by atoms with Crippen LogP contribution < -0.4 is 5.32 Å². The lowest BCUT2D eigenvalue weighted by atomic mass is 9.86. The van der Waals surface area contributed by atoms with Crippen molar-refractivity contribution in [1.82, 2.24) is 5.32 Å². The number of rotatable bonds is 6. The molecule has 28 heavy (non-hydrogen) atoms. The second-order valence-electron chi connectivity index (χ2n) is 8.32. The zero-order chi connectivity index (χ0) is 20.3. The van der Waals surface area contributed by atoms with Crippen molar-refractivity contribution in [3.05, 3.63) is 70.8 Å². The maximum atomic E-state index is 11.5. The summed E-state index contributed by atoms with van der Waals surface area (Å²) in [6.45, 7) is 6.87. The normalized spacial score (nSPS) is 18.0. The van der Waals surface area contributed by atoms with Gasteiger partial charge in [0.25, 0.3) is 0 Å². The van der Waals surface area contributed by atoms with Gasteiger partial charge in [0, 0.05) is 6.42 Å². The fourth-order valence-electron chi connectivity index (χ4n) is 3.39. The minimum absolute atomic E-state index is 0.00787. The highest BCUT2D eigenvalue weighted by Crippen LogP contribution is 2.30. The molecule has 1 amide bonds. The van der Waals surface area contributed by atoms with E-state index < -0.39 is 12.1 Å². The van der Waals surface area contributed by atoms with Crippen molar-refractivity contribution in [2.45, 2.75) is 51.2 Å². The molecule has 0 saturated carbocycles. The molecule has 0 spiro atoms. The summed E-state index contributed by atoms with van der Waals surface area (Å²) in [6.07, 6.45) is 0.878. The van der Waals surface area contributed by atoms with Gasteiger partial charge in [-0.25, -0.2) is 4.79 Å². The third-order valence-electron chi connectivity index (χ3n) is 5.06. The van der Waals surface area contributed by atoms with Crippen molar-refractivity contribution in [3.63, 3.8) is 0 Å². The fourth-order valence-corrected chi connectivity index (χ4v) is 3.39. The van der Waals surface area contributed by atoms with Crippen LogP contribution in [0.25, 0.3) is 0 Å². The second-order valence-corrected chi connectivity index (χ2v) is 8.32. The Balaban J connectivity index is 1.88. The molecule has 2 aromatic rings. The molecule has 3 rings (SSSR count). The highest BCUT2D eigenvalue weighted by atomic mass is 16.5. The minimum Gasteiger partial charge on any atom is -0.478 e. The van der Waals surface area contributed by atoms with E-state index >= 15 is 0 Å². The van der Waals surface area contributed by atoms with Crippen molar-refractivity contribution in [3.8, 4) is 0 Å². The Labute approximate surface area is 165 Å². The summed E-state index contributed by atoms with van der Waals surface area (Å²) in [6, 6.07) is 15.1. The second kappa shape index (κ2) is 8.15. The summed E-state index contributed by atoms with van der Waals surface area (Å²) in [7, 11) is 0. The van der Waals surface area contributed by atoms with E-state index in [4.69, 9.17) is 4.74 Å². The molecule has 5 heteroatoms. The SMILES string of the molecule is CC(C)(C)c1ccc([C@@H](OCC2CCC(=O)N2)c2cccc(C(=O)O)c2)cc1. The fraction of sp³-hybridized carbons (Fsp3) is 0.391. The minimum atomic E-state index is -0.966. The Hall–Kier alpha value is -2.66. The Morgan fingerprint density at radius 1 is 1.18 bits per heavy atom. The van der Waals surface area contributed by atoms with E-state index in [9.17, 15) is 14.7 Å². The molecule has 0 aromatic heterocycles. The molecule has 0 bridgehead atoms. The van der Waals surface area contributed by atoms with Crippen LogP contribution in [0.2, 0.25) is 0 Å². The van der Waals surface area contributed by atoms with Crippen molar-refractivity contribution >= 4 is 11.9 Å². The predicted molar refractivity (Wildman–Crippen MR) is 108 cm³/mol. The zero-order valence-corrected chi connectivity index (χ0v) is 16.6. The molecule has 0 radical (unpaired) electrons. The molecular weight excluding hydrogens is 354 g/mol. The Kier molecular flexibility index (Phi) is 5.84. The maximum Gasteiger partial charge on any atom is 0.335 e. The number of amides is 1. The van der Waals surface area contributed by atoms with Gasteiger partial charge in [0.2, 0.25) is 5.91 Å². The van der Waals surface area contributed by atoms with E-state index in [1.165, 1.54) is 5.56 Å². The Bertz CT molecular complexity index is 852. The number of carbonyl (C=O) groups excluding carboxylic acids is 1. The van der Waals surface area contributed by atoms with Crippen LogP contribution in [0.3, 0.4) is 0 Å². The number of nitrogens with one attached hydrogen (secondary N) is 1. The molecule has 2 N–H and O–H groups in total. The van der Waals surface area contributed by atoms with Crippen LogP contribution in [0.15, 0.2) is 48.5 Å². The highest BCUT2D eigenvalue weighted by molar-refractivity contribution is 5.87. The van der Waals surface area contributed by atoms with E-state index in [2.05, 4.69) is 38.2 Å². The summed E-state index contributed by atoms with van der Waals surface area (Å²) in [5, 5.41) is 12.2. The first-order chi connectivity index (χ1) is 13.2. The molecule has 1 unspecified atom stereocenters. The lowest BCUT2D eigenvalue weighted by molar-refractivity contribution is -0.119. The topological polar surface area (TPSA) is 75.6 Å². The van der Waals surface area contributed by atoms with Gasteiger partial charge in [-0.2, -0.15) is 0 Å². The van der Waals surface area contributed by atoms with Crippen molar-refractivity contribution < 1.29 is 19.4 Å². The quantitative estimate of drug-likeness (QED) is 0.791. The molecule has 1 aliphatic rings. The van der Waals surface area contributed by atoms with Crippen molar-refractivity contribution in [2.75, 3.05) is 6.61 Å². The van der Waals surface area contributed by atoms with Crippen LogP contribution >= 0.6 is 0 Å². The van der Waals surface area contributed by atoms with Crippen molar-refractivity contribution in [2.24, 2.45) is 0 Å². The number of ether oxygens (including phenoxy) is 1. The molecule has 148 valence electrons. The number of carboxylic acids is 1. The molecule has 0 aliphatic carbocycles. The van der Waals surface area contributed by atoms with Gasteiger partial charge in [0.15, 0.2) is 0 Å². The van der Waals surface area contributed by atoms with Gasteiger partial charge in [-0.1, -0.05) is 57.2 Å². The van der Waals surface area contributed by atoms with Gasteiger partial charge in [-0.15, -0.1) is 0 Å². The van der Waals surface area contributed by atoms with Crippen LogP contribution in [0.1, 0.15) is 66.8 Å². The van der Waals surface area contributed by atoms with Gasteiger partial charge >= 0.3 is 5.97 Å². The lowest BCUT2D eigenvalue weighted by Crippen LogP contribution is -2.30. The molecule has 5 nitrogen and oxygen atoms in total. The number of carboxylic acid groups (broad SMARTS) is 1. The van der Waals surface area contributed by atoms with Gasteiger partial charge in [0.05, 0.1) is 18.2 Å². The van der Waals surface area contributed by atoms with E-state index in [1.54, 1.807) is 18.2 Å². The van der Waals surface area contributed by atoms with Crippen LogP contribution in [-0.2, 0) is 14.9 Å². The molecule has 2 aromatic carbocycles. The smallest absolute Gasteiger partial charge is 0.335 e. The van der Waals surface area contributed by atoms with Gasteiger partial charge in [-0.05, 0) is 40.7 Å². The summed E-state index contributed by atoms with van der Waals surface area (Å²) in [5.74, 6) is -0.917. The van der Waals surface area contributed by atoms with E-state index in [-0.39, 0.29) is 22.9 Å². The number of benzene rings is 2. The van der Waals surface area contributed by atoms with Crippen LogP contribution in [0.5, 0.6) is 0 Å². The van der Waals surface area contributed by atoms with Crippen LogP contribution in [0.4, 0.5) is 0 Å². The number of hydrogen-bond donors (Lipinski definition) is 2. The molecule has 1 aliphatic heterocycles. The number of hydrogen-bond acceptors (Lipinski definition) is 3. The zero-order valence-electron chi connectivity index (χ0n) is 16.6. The van der Waals surface area contributed by atoms with E-state index in [0.29, 0.717) is 13.0 Å². The first-order valence-corrected chi connectivity index (χ1v) is 9.59. The van der Waals surface area contributed by atoms with Crippen molar-refractivity contribution in [1.29, 1.82) is 0 Å². The molecular formula is C23H27NO4. The lowest BCUT2D eigenvalue weighted by Gasteiger charge is -2.24. The largest absolute Gasteiger partial charge is 0.478 e. The van der Waals surface area contributed by atoms with Gasteiger partial charge in [0.1, 0.15) is 6.10 Å². The summed E-state index contributed by atoms with van der Waals surface area (Å²) < 4.78 is 6.20. The monoisotopic (exact) mass is 381 g/mol. The Morgan fingerprint density at radius 3 is 2.46 bits per heavy atom. The number of aromatic carboxylic acids is 1. The molecule has 1 fully saturated rings. The summed E-state index contributed by atoms with van der Waals surface area (Å²) in [5.41, 5.74) is 3.24. The summed E-state index contributed by atoms with van der Waals surface area (Å²) >= 11 is 0. The first kappa shape index (κ1) is 20.1. The van der Waals surface area contributed by atoms with E-state index in [0.717, 1.165) is 17.5 Å². The van der Waals surface area contributed by atoms with E-state index in [1.807, 2.05) is 18.2 Å². The molecule has 1 saturated heterocycles. The molecule has 1 heterocycles.